The molecule has 142 valence electrons. The van der Waals surface area contributed by atoms with Gasteiger partial charge in [0, 0.05) is 30.3 Å². The summed E-state index contributed by atoms with van der Waals surface area (Å²) >= 11 is 0. The van der Waals surface area contributed by atoms with Crippen LogP contribution < -0.4 is 11.1 Å². The van der Waals surface area contributed by atoms with Crippen molar-refractivity contribution in [3.8, 4) is 0 Å². The van der Waals surface area contributed by atoms with Gasteiger partial charge >= 0.3 is 0 Å². The predicted octanol–water partition coefficient (Wildman–Crippen LogP) is 3.27. The van der Waals surface area contributed by atoms with Crippen molar-refractivity contribution in [1.29, 1.82) is 0 Å². The molecule has 3 rings (SSSR count). The lowest BCUT2D eigenvalue weighted by molar-refractivity contribution is -0.117. The van der Waals surface area contributed by atoms with Crippen LogP contribution in [0.2, 0.25) is 0 Å². The van der Waals surface area contributed by atoms with E-state index >= 15 is 0 Å². The Kier molecular flexibility index (Phi) is 6.24. The van der Waals surface area contributed by atoms with Crippen molar-refractivity contribution >= 4 is 17.5 Å². The van der Waals surface area contributed by atoms with Gasteiger partial charge in [0.15, 0.2) is 0 Å². The molecule has 2 amide bonds. The second kappa shape index (κ2) is 8.82. The third-order valence-electron chi connectivity index (χ3n) is 4.96. The molecule has 0 bridgehead atoms. The highest BCUT2D eigenvalue weighted by Gasteiger charge is 2.39. The Balaban J connectivity index is 1.72. The number of anilines is 1. The Morgan fingerprint density at radius 2 is 1.89 bits per heavy atom. The summed E-state index contributed by atoms with van der Waals surface area (Å²) < 4.78 is 0. The fourth-order valence-corrected chi connectivity index (χ4v) is 3.17. The standard InChI is InChI=1S/C22H27N3O2/c1-16-13-20(16)21(26)24-19-10-5-9-18(14-19)22(27)25(12-6-11-23)15-17-7-3-2-4-8-17/h2-5,7-10,14,16,20H,6,11-13,15,23H2,1H3,(H,24,26). The lowest BCUT2D eigenvalue weighted by atomic mass is 10.1. The largest absolute Gasteiger partial charge is 0.334 e. The second-order valence-corrected chi connectivity index (χ2v) is 7.24. The molecule has 3 N–H and O–H groups in total. The van der Waals surface area contributed by atoms with Crippen LogP contribution >= 0.6 is 0 Å². The van der Waals surface area contributed by atoms with Gasteiger partial charge in [-0.3, -0.25) is 9.59 Å². The first-order valence-corrected chi connectivity index (χ1v) is 9.52. The molecule has 1 saturated carbocycles. The van der Waals surface area contributed by atoms with Gasteiger partial charge in [-0.05, 0) is 49.1 Å². The predicted molar refractivity (Wildman–Crippen MR) is 107 cm³/mol. The summed E-state index contributed by atoms with van der Waals surface area (Å²) in [5.41, 5.74) is 7.97. The molecule has 1 aliphatic carbocycles. The molecule has 0 heterocycles. The molecular formula is C22H27N3O2. The van der Waals surface area contributed by atoms with Gasteiger partial charge in [0.2, 0.25) is 5.91 Å². The van der Waals surface area contributed by atoms with Crippen molar-refractivity contribution in [2.75, 3.05) is 18.4 Å². The molecule has 2 aromatic rings. The van der Waals surface area contributed by atoms with Crippen LogP contribution in [0.25, 0.3) is 0 Å². The highest BCUT2D eigenvalue weighted by molar-refractivity contribution is 5.98. The summed E-state index contributed by atoms with van der Waals surface area (Å²) in [6.07, 6.45) is 1.68. The Morgan fingerprint density at radius 1 is 1.15 bits per heavy atom. The maximum atomic E-state index is 13.1. The monoisotopic (exact) mass is 365 g/mol. The van der Waals surface area contributed by atoms with Crippen molar-refractivity contribution in [3.63, 3.8) is 0 Å². The van der Waals surface area contributed by atoms with Crippen molar-refractivity contribution in [2.45, 2.75) is 26.3 Å². The summed E-state index contributed by atoms with van der Waals surface area (Å²) in [5, 5.41) is 2.93. The molecule has 1 fully saturated rings. The number of rotatable bonds is 8. The molecule has 27 heavy (non-hydrogen) atoms. The summed E-state index contributed by atoms with van der Waals surface area (Å²) in [6.45, 7) is 3.74. The minimum atomic E-state index is -0.0526. The van der Waals surface area contributed by atoms with E-state index in [1.54, 1.807) is 12.1 Å². The molecule has 0 aromatic heterocycles. The first kappa shape index (κ1) is 19.1. The highest BCUT2D eigenvalue weighted by Crippen LogP contribution is 2.38. The minimum Gasteiger partial charge on any atom is -0.334 e. The Hall–Kier alpha value is -2.66. The van der Waals surface area contributed by atoms with Crippen LogP contribution in [0.15, 0.2) is 54.6 Å². The van der Waals surface area contributed by atoms with Crippen LogP contribution in [0.5, 0.6) is 0 Å². The number of amides is 2. The minimum absolute atomic E-state index is 0.0383. The van der Waals surface area contributed by atoms with E-state index in [1.807, 2.05) is 47.4 Å². The maximum absolute atomic E-state index is 13.1. The molecular weight excluding hydrogens is 338 g/mol. The van der Waals surface area contributed by atoms with E-state index in [9.17, 15) is 9.59 Å². The molecule has 0 aliphatic heterocycles. The Labute approximate surface area is 160 Å². The zero-order valence-electron chi connectivity index (χ0n) is 15.7. The number of nitrogens with one attached hydrogen (secondary N) is 1. The fourth-order valence-electron chi connectivity index (χ4n) is 3.17. The molecule has 5 nitrogen and oxygen atoms in total. The average molecular weight is 365 g/mol. The van der Waals surface area contributed by atoms with Crippen LogP contribution in [0.3, 0.4) is 0 Å². The lowest BCUT2D eigenvalue weighted by Gasteiger charge is -2.23. The van der Waals surface area contributed by atoms with Crippen LogP contribution in [0, 0.1) is 11.8 Å². The van der Waals surface area contributed by atoms with Crippen molar-refractivity contribution in [2.24, 2.45) is 17.6 Å². The lowest BCUT2D eigenvalue weighted by Crippen LogP contribution is -2.32. The Bertz CT molecular complexity index is 791. The third-order valence-corrected chi connectivity index (χ3v) is 4.96. The number of hydrogen-bond acceptors (Lipinski definition) is 3. The summed E-state index contributed by atoms with van der Waals surface area (Å²) in [6, 6.07) is 17.1. The van der Waals surface area contributed by atoms with E-state index < -0.39 is 0 Å². The molecule has 2 unspecified atom stereocenters. The van der Waals surface area contributed by atoms with E-state index in [4.69, 9.17) is 5.73 Å². The van der Waals surface area contributed by atoms with Crippen LogP contribution in [0.1, 0.15) is 35.7 Å². The average Bonchev–Trinajstić information content (AvgIpc) is 3.42. The highest BCUT2D eigenvalue weighted by atomic mass is 16.2. The SMILES string of the molecule is CC1CC1C(=O)Nc1cccc(C(=O)N(CCCN)Cc2ccccc2)c1. The quantitative estimate of drug-likeness (QED) is 0.754. The smallest absolute Gasteiger partial charge is 0.254 e. The Morgan fingerprint density at radius 3 is 2.56 bits per heavy atom. The van der Waals surface area contributed by atoms with Crippen LogP contribution in [0.4, 0.5) is 5.69 Å². The topological polar surface area (TPSA) is 75.4 Å². The van der Waals surface area contributed by atoms with Gasteiger partial charge in [-0.25, -0.2) is 0 Å². The van der Waals surface area contributed by atoms with Gasteiger partial charge in [-0.2, -0.15) is 0 Å². The molecule has 5 heteroatoms. The van der Waals surface area contributed by atoms with E-state index in [2.05, 4.69) is 12.2 Å². The first-order chi connectivity index (χ1) is 13.1. The van der Waals surface area contributed by atoms with Crippen molar-refractivity contribution in [1.82, 2.24) is 4.90 Å². The van der Waals surface area contributed by atoms with Crippen LogP contribution in [-0.4, -0.2) is 29.8 Å². The first-order valence-electron chi connectivity index (χ1n) is 9.52. The zero-order chi connectivity index (χ0) is 19.2. The van der Waals surface area contributed by atoms with Gasteiger partial charge < -0.3 is 16.0 Å². The summed E-state index contributed by atoms with van der Waals surface area (Å²) in [4.78, 5) is 27.0. The molecule has 0 radical (unpaired) electrons. The number of hydrogen-bond donors (Lipinski definition) is 2. The van der Waals surface area contributed by atoms with Gasteiger partial charge in [0.05, 0.1) is 0 Å². The summed E-state index contributed by atoms with van der Waals surface area (Å²) in [5.74, 6) is 0.537. The van der Waals surface area contributed by atoms with Crippen molar-refractivity contribution < 1.29 is 9.59 Å². The number of nitrogens with zero attached hydrogens (tertiary/aromatic N) is 1. The second-order valence-electron chi connectivity index (χ2n) is 7.24. The summed E-state index contributed by atoms with van der Waals surface area (Å²) in [7, 11) is 0. The maximum Gasteiger partial charge on any atom is 0.254 e. The van der Waals surface area contributed by atoms with E-state index in [-0.39, 0.29) is 17.7 Å². The number of carbonyl (C=O) groups is 2. The molecule has 0 spiro atoms. The normalized spacial score (nSPS) is 18.0. The van der Waals surface area contributed by atoms with Gasteiger partial charge in [0.1, 0.15) is 0 Å². The third kappa shape index (κ3) is 5.17. The van der Waals surface area contributed by atoms with Gasteiger partial charge in [0.25, 0.3) is 5.91 Å². The number of nitrogens with two attached hydrogens (primary N) is 1. The molecule has 1 aliphatic rings. The van der Waals surface area contributed by atoms with Crippen molar-refractivity contribution in [3.05, 3.63) is 65.7 Å². The van der Waals surface area contributed by atoms with Crippen LogP contribution in [-0.2, 0) is 11.3 Å². The fraction of sp³-hybridized carbons (Fsp3) is 0.364. The van der Waals surface area contributed by atoms with Gasteiger partial charge in [-0.15, -0.1) is 0 Å². The number of carbonyl (C=O) groups excluding carboxylic acids is 2. The van der Waals surface area contributed by atoms with E-state index in [1.165, 1.54) is 0 Å². The van der Waals surface area contributed by atoms with E-state index in [0.29, 0.717) is 36.8 Å². The molecule has 2 aromatic carbocycles. The van der Waals surface area contributed by atoms with Gasteiger partial charge in [-0.1, -0.05) is 43.3 Å². The molecule has 2 atom stereocenters. The molecule has 0 saturated heterocycles. The zero-order valence-corrected chi connectivity index (χ0v) is 15.7. The van der Waals surface area contributed by atoms with E-state index in [0.717, 1.165) is 18.4 Å². The number of benzene rings is 2.